The Balaban J connectivity index is 1.72. The first-order valence-corrected chi connectivity index (χ1v) is 5.43. The van der Waals surface area contributed by atoms with Crippen molar-refractivity contribution in [3.63, 3.8) is 0 Å². The smallest absolute Gasteiger partial charge is 0.407 e. The molecule has 3 heteroatoms. The van der Waals surface area contributed by atoms with Gasteiger partial charge in [-0.25, -0.2) is 4.79 Å². The van der Waals surface area contributed by atoms with Crippen LogP contribution in [0, 0.1) is 11.8 Å². The summed E-state index contributed by atoms with van der Waals surface area (Å²) in [5.41, 5.74) is -0.196. The van der Waals surface area contributed by atoms with Crippen molar-refractivity contribution in [2.24, 2.45) is 11.8 Å². The summed E-state index contributed by atoms with van der Waals surface area (Å²) >= 11 is 0. The average molecular weight is 197 g/mol. The molecule has 1 N–H and O–H groups in total. The quantitative estimate of drug-likeness (QED) is 0.700. The van der Waals surface area contributed by atoms with E-state index in [1.54, 1.807) is 0 Å². The molecule has 0 bridgehead atoms. The molecule has 0 heterocycles. The molecule has 3 atom stereocenters. The van der Waals surface area contributed by atoms with Crippen LogP contribution in [0.3, 0.4) is 0 Å². The van der Waals surface area contributed by atoms with Gasteiger partial charge in [-0.2, -0.15) is 0 Å². The highest BCUT2D eigenvalue weighted by molar-refractivity contribution is 5.68. The van der Waals surface area contributed by atoms with Crippen molar-refractivity contribution in [2.45, 2.75) is 51.7 Å². The third-order valence-electron chi connectivity index (χ3n) is 2.95. The van der Waals surface area contributed by atoms with Gasteiger partial charge in [0, 0.05) is 5.54 Å². The van der Waals surface area contributed by atoms with Crippen LogP contribution in [-0.2, 0) is 4.74 Å². The summed E-state index contributed by atoms with van der Waals surface area (Å²) < 4.78 is 5.34. The van der Waals surface area contributed by atoms with E-state index in [2.05, 4.69) is 5.32 Å². The summed E-state index contributed by atoms with van der Waals surface area (Å²) in [6.45, 7) is 5.88. The van der Waals surface area contributed by atoms with Gasteiger partial charge in [-0.05, 0) is 51.9 Å². The molecule has 0 saturated heterocycles. The Morgan fingerprint density at radius 2 is 1.79 bits per heavy atom. The molecule has 1 amide bonds. The van der Waals surface area contributed by atoms with Gasteiger partial charge in [-0.3, -0.25) is 0 Å². The van der Waals surface area contributed by atoms with Crippen LogP contribution < -0.4 is 5.32 Å². The lowest BCUT2D eigenvalue weighted by Crippen LogP contribution is -2.42. The number of hydrogen-bond acceptors (Lipinski definition) is 2. The van der Waals surface area contributed by atoms with Crippen LogP contribution in [0.15, 0.2) is 0 Å². The Morgan fingerprint density at radius 1 is 1.21 bits per heavy atom. The summed E-state index contributed by atoms with van der Waals surface area (Å²) in [6.07, 6.45) is 3.45. The maximum absolute atomic E-state index is 11.4. The van der Waals surface area contributed by atoms with Crippen LogP contribution in [0.5, 0.6) is 0 Å². The second kappa shape index (κ2) is 3.14. The molecule has 2 aliphatic carbocycles. The normalized spacial score (nSPS) is 34.9. The molecule has 2 saturated carbocycles. The standard InChI is InChI=1S/C11H19NO2/c1-11(2,3)12-10(13)14-9-5-7-4-8(7)6-9/h7-9H,4-6H2,1-3H3,(H,12,13)/t7-,8+,9+. The molecule has 0 aliphatic heterocycles. The Morgan fingerprint density at radius 3 is 2.29 bits per heavy atom. The van der Waals surface area contributed by atoms with Crippen molar-refractivity contribution >= 4 is 6.09 Å². The molecule has 80 valence electrons. The van der Waals surface area contributed by atoms with Crippen molar-refractivity contribution in [1.29, 1.82) is 0 Å². The Labute approximate surface area is 85.2 Å². The number of carbonyl (C=O) groups is 1. The maximum atomic E-state index is 11.4. The number of nitrogens with one attached hydrogen (secondary N) is 1. The molecular formula is C11H19NO2. The number of rotatable bonds is 1. The van der Waals surface area contributed by atoms with Gasteiger partial charge in [0.15, 0.2) is 0 Å². The topological polar surface area (TPSA) is 38.3 Å². The zero-order valence-corrected chi connectivity index (χ0v) is 9.17. The van der Waals surface area contributed by atoms with E-state index in [1.165, 1.54) is 6.42 Å². The van der Waals surface area contributed by atoms with E-state index in [1.807, 2.05) is 20.8 Å². The van der Waals surface area contributed by atoms with E-state index in [0.29, 0.717) is 0 Å². The molecule has 0 radical (unpaired) electrons. The maximum Gasteiger partial charge on any atom is 0.407 e. The highest BCUT2D eigenvalue weighted by Crippen LogP contribution is 2.52. The number of alkyl carbamates (subject to hydrolysis) is 1. The highest BCUT2D eigenvalue weighted by atomic mass is 16.6. The van der Waals surface area contributed by atoms with Gasteiger partial charge in [0.1, 0.15) is 6.10 Å². The van der Waals surface area contributed by atoms with Gasteiger partial charge >= 0.3 is 6.09 Å². The third kappa shape index (κ3) is 2.40. The second-order valence-corrected chi connectivity index (χ2v) is 5.63. The Hall–Kier alpha value is -0.730. The molecule has 14 heavy (non-hydrogen) atoms. The van der Waals surface area contributed by atoms with Crippen molar-refractivity contribution in [1.82, 2.24) is 5.32 Å². The van der Waals surface area contributed by atoms with Gasteiger partial charge < -0.3 is 10.1 Å². The number of fused-ring (bicyclic) bond motifs is 1. The van der Waals surface area contributed by atoms with E-state index >= 15 is 0 Å². The van der Waals surface area contributed by atoms with Gasteiger partial charge in [0.2, 0.25) is 0 Å². The molecule has 2 aliphatic rings. The van der Waals surface area contributed by atoms with Crippen LogP contribution in [-0.4, -0.2) is 17.7 Å². The van der Waals surface area contributed by atoms with Crippen molar-refractivity contribution in [3.05, 3.63) is 0 Å². The first-order valence-electron chi connectivity index (χ1n) is 5.43. The van der Waals surface area contributed by atoms with Crippen LogP contribution in [0.2, 0.25) is 0 Å². The number of amides is 1. The third-order valence-corrected chi connectivity index (χ3v) is 2.95. The summed E-state index contributed by atoms with van der Waals surface area (Å²) in [5, 5.41) is 2.81. The van der Waals surface area contributed by atoms with E-state index in [4.69, 9.17) is 4.74 Å². The Bertz CT molecular complexity index is 234. The minimum atomic E-state index is -0.260. The van der Waals surface area contributed by atoms with Crippen LogP contribution >= 0.6 is 0 Å². The lowest BCUT2D eigenvalue weighted by molar-refractivity contribution is 0.0881. The molecule has 2 rings (SSSR count). The minimum Gasteiger partial charge on any atom is -0.446 e. The lowest BCUT2D eigenvalue weighted by Gasteiger charge is -2.22. The summed E-state index contributed by atoms with van der Waals surface area (Å²) in [7, 11) is 0. The number of hydrogen-bond donors (Lipinski definition) is 1. The molecule has 0 spiro atoms. The first kappa shape index (κ1) is 9.81. The van der Waals surface area contributed by atoms with Crippen molar-refractivity contribution in [3.8, 4) is 0 Å². The fraction of sp³-hybridized carbons (Fsp3) is 0.909. The van der Waals surface area contributed by atoms with Gasteiger partial charge in [0.25, 0.3) is 0 Å². The fourth-order valence-electron chi connectivity index (χ4n) is 2.24. The summed E-state index contributed by atoms with van der Waals surface area (Å²) in [5.74, 6) is 1.73. The van der Waals surface area contributed by atoms with Crippen LogP contribution in [0.1, 0.15) is 40.0 Å². The molecule has 3 nitrogen and oxygen atoms in total. The predicted octanol–water partition coefficient (Wildman–Crippen LogP) is 2.31. The van der Waals surface area contributed by atoms with E-state index in [0.717, 1.165) is 24.7 Å². The molecule has 0 aromatic heterocycles. The SMILES string of the molecule is CC(C)(C)NC(=O)O[C@@H]1C[C@@H]2C[C@@H]2C1. The van der Waals surface area contributed by atoms with Crippen molar-refractivity contribution < 1.29 is 9.53 Å². The number of carbonyl (C=O) groups excluding carboxylic acids is 1. The van der Waals surface area contributed by atoms with Crippen molar-refractivity contribution in [2.75, 3.05) is 0 Å². The first-order chi connectivity index (χ1) is 6.44. The summed E-state index contributed by atoms with van der Waals surface area (Å²) in [4.78, 5) is 11.4. The zero-order valence-electron chi connectivity index (χ0n) is 9.17. The molecular weight excluding hydrogens is 178 g/mol. The molecule has 0 aromatic carbocycles. The lowest BCUT2D eigenvalue weighted by atomic mass is 10.1. The van der Waals surface area contributed by atoms with Crippen LogP contribution in [0.25, 0.3) is 0 Å². The largest absolute Gasteiger partial charge is 0.446 e. The average Bonchev–Trinajstić information content (AvgIpc) is 2.54. The number of ether oxygens (including phenoxy) is 1. The summed E-state index contributed by atoms with van der Waals surface area (Å²) in [6, 6.07) is 0. The fourth-order valence-corrected chi connectivity index (χ4v) is 2.24. The molecule has 0 aromatic rings. The molecule has 2 fully saturated rings. The van der Waals surface area contributed by atoms with E-state index in [9.17, 15) is 4.79 Å². The van der Waals surface area contributed by atoms with Gasteiger partial charge in [-0.15, -0.1) is 0 Å². The monoisotopic (exact) mass is 197 g/mol. The molecule has 0 unspecified atom stereocenters. The Kier molecular flexibility index (Phi) is 2.20. The van der Waals surface area contributed by atoms with Crippen LogP contribution in [0.4, 0.5) is 4.79 Å². The minimum absolute atomic E-state index is 0.182. The zero-order chi connectivity index (χ0) is 10.3. The second-order valence-electron chi connectivity index (χ2n) is 5.63. The van der Waals surface area contributed by atoms with Gasteiger partial charge in [-0.1, -0.05) is 0 Å². The van der Waals surface area contributed by atoms with E-state index in [-0.39, 0.29) is 17.7 Å². The predicted molar refractivity (Wildman–Crippen MR) is 54.0 cm³/mol. The van der Waals surface area contributed by atoms with E-state index < -0.39 is 0 Å². The van der Waals surface area contributed by atoms with Gasteiger partial charge in [0.05, 0.1) is 0 Å². The highest BCUT2D eigenvalue weighted by Gasteiger charge is 2.47.